The van der Waals surface area contributed by atoms with Crippen LogP contribution in [0.1, 0.15) is 172 Å². The van der Waals surface area contributed by atoms with Crippen molar-refractivity contribution in [2.75, 3.05) is 19.8 Å². The summed E-state index contributed by atoms with van der Waals surface area (Å²) in [6.45, 7) is 5.07. The van der Waals surface area contributed by atoms with Crippen molar-refractivity contribution in [2.45, 2.75) is 179 Å². The lowest BCUT2D eigenvalue weighted by molar-refractivity contribution is -0.144. The normalized spacial score (nSPS) is 21.4. The van der Waals surface area contributed by atoms with E-state index in [2.05, 4.69) is 32.1 Å². The van der Waals surface area contributed by atoms with Crippen molar-refractivity contribution in [2.24, 2.45) is 17.3 Å². The summed E-state index contributed by atoms with van der Waals surface area (Å²) in [5, 5.41) is 21.3. The topological polar surface area (TPSA) is 102 Å². The van der Waals surface area contributed by atoms with Crippen molar-refractivity contribution >= 4 is 23.5 Å². The highest BCUT2D eigenvalue weighted by Crippen LogP contribution is 2.48. The fourth-order valence-electron chi connectivity index (χ4n) is 8.04. The van der Waals surface area contributed by atoms with Gasteiger partial charge in [-0.2, -0.15) is 0 Å². The Balaban J connectivity index is 1.19. The van der Waals surface area contributed by atoms with Crippen LogP contribution >= 0.6 is 11.6 Å². The monoisotopic (exact) mass is 773 g/mol. The van der Waals surface area contributed by atoms with Gasteiger partial charge in [-0.3, -0.25) is 4.79 Å². The van der Waals surface area contributed by atoms with Gasteiger partial charge in [0.2, 0.25) is 0 Å². The predicted molar refractivity (Wildman–Crippen MR) is 220 cm³/mol. The summed E-state index contributed by atoms with van der Waals surface area (Å²) in [5.74, 6) is -0.0218. The summed E-state index contributed by atoms with van der Waals surface area (Å²) in [7, 11) is 0. The van der Waals surface area contributed by atoms with Crippen molar-refractivity contribution in [1.82, 2.24) is 0 Å². The molecule has 7 nitrogen and oxygen atoms in total. The third kappa shape index (κ3) is 17.2. The summed E-state index contributed by atoms with van der Waals surface area (Å²) < 4.78 is 16.5. The van der Waals surface area contributed by atoms with Gasteiger partial charge in [-0.15, -0.1) is 11.6 Å². The predicted octanol–water partition coefficient (Wildman–Crippen LogP) is 11.5. The van der Waals surface area contributed by atoms with E-state index in [1.54, 1.807) is 18.2 Å². The molecular formula is C46H73ClO7. The standard InChI is InChI=1S/C46H73ClO7/c1-3-5-6-7-8-9-10-11-12-13-14-17-20-32-52-38-25-21-24-37(35-38)45(51)54-34-33-53-44(50)29-19-16-15-18-26-39-40(42(48)36-41(39)47)27-22-28-43(49)46(4-2)30-23-31-46/h15,18,21-22,24-25,27,35,39-43,48-49H,3-14,16-17,19-20,23,26,28-34,36H2,1-2H3/b18-15-,27-22+/t39-,40+,41+,42-,43+/m1/s1. The van der Waals surface area contributed by atoms with Gasteiger partial charge >= 0.3 is 11.9 Å². The van der Waals surface area contributed by atoms with E-state index in [1.807, 2.05) is 12.1 Å². The average Bonchev–Trinajstić information content (AvgIpc) is 3.42. The number of halogens is 1. The number of unbranched alkanes of at least 4 members (excludes halogenated alkanes) is 13. The van der Waals surface area contributed by atoms with E-state index in [0.29, 0.717) is 37.2 Å². The van der Waals surface area contributed by atoms with E-state index < -0.39 is 12.1 Å². The summed E-state index contributed by atoms with van der Waals surface area (Å²) in [5.41, 5.74) is 0.488. The molecule has 2 saturated carbocycles. The number of alkyl halides is 1. The van der Waals surface area contributed by atoms with E-state index in [0.717, 1.165) is 44.9 Å². The molecular weight excluding hydrogens is 700 g/mol. The molecule has 2 N–H and O–H groups in total. The summed E-state index contributed by atoms with van der Waals surface area (Å²) >= 11 is 6.62. The van der Waals surface area contributed by atoms with Crippen molar-refractivity contribution in [3.63, 3.8) is 0 Å². The molecule has 3 rings (SSSR count). The molecule has 306 valence electrons. The van der Waals surface area contributed by atoms with Gasteiger partial charge in [0.05, 0.1) is 24.4 Å². The molecule has 0 aromatic heterocycles. The number of hydrogen-bond donors (Lipinski definition) is 2. The summed E-state index contributed by atoms with van der Waals surface area (Å²) in [6.07, 6.45) is 32.5. The maximum absolute atomic E-state index is 12.5. The Bertz CT molecular complexity index is 1220. The number of ether oxygens (including phenoxy) is 3. The van der Waals surface area contributed by atoms with Crippen molar-refractivity contribution in [3.8, 4) is 5.75 Å². The van der Waals surface area contributed by atoms with Crippen LogP contribution in [0.15, 0.2) is 48.6 Å². The Morgan fingerprint density at radius 1 is 0.870 bits per heavy atom. The molecule has 1 aromatic rings. The van der Waals surface area contributed by atoms with Crippen molar-refractivity contribution < 1.29 is 34.0 Å². The quantitative estimate of drug-likeness (QED) is 0.0347. The smallest absolute Gasteiger partial charge is 0.338 e. The van der Waals surface area contributed by atoms with E-state index in [9.17, 15) is 19.8 Å². The zero-order valence-corrected chi connectivity index (χ0v) is 34.5. The van der Waals surface area contributed by atoms with Gasteiger partial charge < -0.3 is 24.4 Å². The average molecular weight is 774 g/mol. The second-order valence-electron chi connectivity index (χ2n) is 15.9. The fourth-order valence-corrected chi connectivity index (χ4v) is 8.49. The Kier molecular flexibility index (Phi) is 23.3. The second-order valence-corrected chi connectivity index (χ2v) is 16.4. The molecule has 0 aliphatic heterocycles. The molecule has 54 heavy (non-hydrogen) atoms. The molecule has 0 saturated heterocycles. The highest BCUT2D eigenvalue weighted by Gasteiger charge is 2.42. The number of benzene rings is 1. The lowest BCUT2D eigenvalue weighted by Crippen LogP contribution is -2.40. The van der Waals surface area contributed by atoms with Gasteiger partial charge in [0.25, 0.3) is 0 Å². The molecule has 1 aromatic carbocycles. The Morgan fingerprint density at radius 2 is 1.54 bits per heavy atom. The summed E-state index contributed by atoms with van der Waals surface area (Å²) in [4.78, 5) is 24.8. The van der Waals surface area contributed by atoms with Gasteiger partial charge in [0, 0.05) is 17.7 Å². The van der Waals surface area contributed by atoms with E-state index in [1.165, 1.54) is 77.0 Å². The number of esters is 2. The van der Waals surface area contributed by atoms with Gasteiger partial charge in [-0.25, -0.2) is 4.79 Å². The molecule has 0 radical (unpaired) electrons. The molecule has 0 unspecified atom stereocenters. The number of rotatable bonds is 30. The third-order valence-electron chi connectivity index (χ3n) is 11.8. The molecule has 0 amide bonds. The zero-order valence-electron chi connectivity index (χ0n) is 33.7. The maximum atomic E-state index is 12.5. The second kappa shape index (κ2) is 27.3. The SMILES string of the molecule is CCCCCCCCCCCCCCCOc1cccc(C(=O)OCCOC(=O)CCC/C=C\C[C@@H]2[C@H](/C=C/C[C@H](O)C3(CC)CCC3)[C@H](O)C[C@@H]2Cl)c1. The molecule has 8 heteroatoms. The van der Waals surface area contributed by atoms with Crippen molar-refractivity contribution in [3.05, 3.63) is 54.1 Å². The molecule has 0 spiro atoms. The van der Waals surface area contributed by atoms with Gasteiger partial charge in [-0.1, -0.05) is 128 Å². The zero-order chi connectivity index (χ0) is 38.9. The lowest BCUT2D eigenvalue weighted by atomic mass is 9.63. The largest absolute Gasteiger partial charge is 0.494 e. The van der Waals surface area contributed by atoms with E-state index in [4.69, 9.17) is 25.8 Å². The number of allylic oxidation sites excluding steroid dienone is 2. The number of hydrogen-bond acceptors (Lipinski definition) is 7. The van der Waals surface area contributed by atoms with Crippen LogP contribution in [0.3, 0.4) is 0 Å². The van der Waals surface area contributed by atoms with Gasteiger partial charge in [-0.05, 0) is 87.3 Å². The van der Waals surface area contributed by atoms with Crippen LogP contribution in [-0.4, -0.2) is 59.6 Å². The molecule has 5 atom stereocenters. The van der Waals surface area contributed by atoms with Gasteiger partial charge in [0.1, 0.15) is 19.0 Å². The Morgan fingerprint density at radius 3 is 2.19 bits per heavy atom. The van der Waals surface area contributed by atoms with E-state index in [-0.39, 0.29) is 54.3 Å². The number of carbonyl (C=O) groups excluding carboxylic acids is 2. The number of aliphatic hydroxyl groups excluding tert-OH is 2. The molecule has 0 bridgehead atoms. The molecule has 2 aliphatic rings. The van der Waals surface area contributed by atoms with Crippen LogP contribution in [0, 0.1) is 17.3 Å². The maximum Gasteiger partial charge on any atom is 0.338 e. The lowest BCUT2D eigenvalue weighted by Gasteiger charge is -2.45. The first-order valence-corrected chi connectivity index (χ1v) is 22.1. The molecule has 2 fully saturated rings. The number of aliphatic hydroxyl groups is 2. The first kappa shape index (κ1) is 46.0. The highest BCUT2D eigenvalue weighted by atomic mass is 35.5. The van der Waals surface area contributed by atoms with Crippen molar-refractivity contribution in [1.29, 1.82) is 0 Å². The van der Waals surface area contributed by atoms with Crippen LogP contribution < -0.4 is 4.74 Å². The van der Waals surface area contributed by atoms with Crippen LogP contribution in [0.5, 0.6) is 5.75 Å². The van der Waals surface area contributed by atoms with Crippen LogP contribution in [0.25, 0.3) is 0 Å². The van der Waals surface area contributed by atoms with Gasteiger partial charge in [0.15, 0.2) is 0 Å². The minimum Gasteiger partial charge on any atom is -0.494 e. The minimum atomic E-state index is -0.472. The fraction of sp³-hybridized carbons (Fsp3) is 0.739. The van der Waals surface area contributed by atoms with Crippen LogP contribution in [0.4, 0.5) is 0 Å². The number of carbonyl (C=O) groups is 2. The Hall–Kier alpha value is -2.35. The first-order chi connectivity index (χ1) is 26.3. The van der Waals surface area contributed by atoms with E-state index >= 15 is 0 Å². The summed E-state index contributed by atoms with van der Waals surface area (Å²) in [6, 6.07) is 7.04. The first-order valence-electron chi connectivity index (χ1n) is 21.7. The highest BCUT2D eigenvalue weighted by molar-refractivity contribution is 6.21. The minimum absolute atomic E-state index is 0.00456. The van der Waals surface area contributed by atoms with Crippen LogP contribution in [0.2, 0.25) is 0 Å². The Labute approximate surface area is 332 Å². The molecule has 2 aliphatic carbocycles. The van der Waals surface area contributed by atoms with Crippen LogP contribution in [-0.2, 0) is 14.3 Å². The molecule has 0 heterocycles. The third-order valence-corrected chi connectivity index (χ3v) is 12.3.